The van der Waals surface area contributed by atoms with Crippen LogP contribution in [-0.2, 0) is 15.7 Å². The number of carbonyl (C=O) groups is 2. The molecule has 0 spiro atoms. The second kappa shape index (κ2) is 9.61. The summed E-state index contributed by atoms with van der Waals surface area (Å²) in [5.74, 6) is -0.830. The second-order valence-corrected chi connectivity index (χ2v) is 8.82. The molecule has 0 aliphatic carbocycles. The third-order valence-electron chi connectivity index (χ3n) is 6.54. The Hall–Kier alpha value is -3.53. The van der Waals surface area contributed by atoms with Crippen LogP contribution >= 0.6 is 0 Å². The number of aryl methyl sites for hydroxylation is 1. The van der Waals surface area contributed by atoms with Gasteiger partial charge in [-0.05, 0) is 44.2 Å². The van der Waals surface area contributed by atoms with Crippen molar-refractivity contribution >= 4 is 34.2 Å². The highest BCUT2D eigenvalue weighted by Crippen LogP contribution is 2.32. The fourth-order valence-electron chi connectivity index (χ4n) is 4.47. The number of halogens is 3. The first-order valence-corrected chi connectivity index (χ1v) is 11.4. The molecule has 1 fully saturated rings. The Morgan fingerprint density at radius 3 is 2.51 bits per heavy atom. The van der Waals surface area contributed by atoms with Gasteiger partial charge in [-0.25, -0.2) is 4.79 Å². The summed E-state index contributed by atoms with van der Waals surface area (Å²) in [6.45, 7) is 5.94. The van der Waals surface area contributed by atoms with Gasteiger partial charge in [-0.1, -0.05) is 17.7 Å². The molecular weight excluding hydrogens is 461 g/mol. The molecule has 1 atom stereocenters. The van der Waals surface area contributed by atoms with E-state index in [-0.39, 0.29) is 11.6 Å². The Labute approximate surface area is 200 Å². The Morgan fingerprint density at radius 1 is 1.14 bits per heavy atom. The van der Waals surface area contributed by atoms with Crippen LogP contribution in [0, 0.1) is 6.92 Å². The van der Waals surface area contributed by atoms with E-state index in [1.807, 2.05) is 36.9 Å². The van der Waals surface area contributed by atoms with Crippen LogP contribution in [0.3, 0.4) is 0 Å². The first-order chi connectivity index (χ1) is 16.6. The lowest BCUT2D eigenvalue weighted by atomic mass is 10.1. The predicted molar refractivity (Wildman–Crippen MR) is 127 cm³/mol. The van der Waals surface area contributed by atoms with Crippen LogP contribution in [0.15, 0.2) is 42.5 Å². The number of nitrogens with zero attached hydrogens (tertiary/aromatic N) is 1. The first kappa shape index (κ1) is 24.6. The van der Waals surface area contributed by atoms with Gasteiger partial charge < -0.3 is 24.8 Å². The van der Waals surface area contributed by atoms with Crippen molar-refractivity contribution in [2.75, 3.05) is 43.5 Å². The summed E-state index contributed by atoms with van der Waals surface area (Å²) in [4.78, 5) is 31.4. The van der Waals surface area contributed by atoms with Crippen molar-refractivity contribution in [1.29, 1.82) is 0 Å². The minimum atomic E-state index is -4.39. The number of esters is 1. The Morgan fingerprint density at radius 2 is 1.86 bits per heavy atom. The predicted octanol–water partition coefficient (Wildman–Crippen LogP) is 3.01. The van der Waals surface area contributed by atoms with Crippen molar-refractivity contribution in [3.63, 3.8) is 0 Å². The Kier molecular flexibility index (Phi) is 6.75. The van der Waals surface area contributed by atoms with Crippen LogP contribution in [-0.4, -0.2) is 56.2 Å². The second-order valence-electron chi connectivity index (χ2n) is 8.82. The van der Waals surface area contributed by atoms with E-state index in [0.29, 0.717) is 43.1 Å². The molecule has 7 nitrogen and oxygen atoms in total. The molecule has 2 heterocycles. The summed E-state index contributed by atoms with van der Waals surface area (Å²) in [6, 6.07) is 10.5. The summed E-state index contributed by atoms with van der Waals surface area (Å²) in [7, 11) is 1.28. The zero-order valence-electron chi connectivity index (χ0n) is 19.8. The number of nitrogens with one attached hydrogen (secondary N) is 3. The number of hydrogen-bond donors (Lipinski definition) is 3. The smallest absolute Gasteiger partial charge is 0.416 e. The number of hydrogen-bond acceptors (Lipinski definition) is 4. The number of H-pyrrole nitrogens is 1. The van der Waals surface area contributed by atoms with Gasteiger partial charge >= 0.3 is 12.1 Å². The summed E-state index contributed by atoms with van der Waals surface area (Å²) < 4.78 is 44.1. The molecule has 1 amide bonds. The lowest BCUT2D eigenvalue weighted by molar-refractivity contribution is -0.914. The van der Waals surface area contributed by atoms with Crippen LogP contribution in [0.2, 0.25) is 0 Å². The van der Waals surface area contributed by atoms with E-state index in [9.17, 15) is 22.8 Å². The number of methoxy groups -OCH3 is 1. The van der Waals surface area contributed by atoms with Crippen molar-refractivity contribution in [3.05, 3.63) is 59.3 Å². The third kappa shape index (κ3) is 5.12. The number of carbonyl (C=O) groups excluding carboxylic acids is 2. The topological polar surface area (TPSA) is 78.9 Å². The van der Waals surface area contributed by atoms with Crippen LogP contribution in [0.5, 0.6) is 0 Å². The molecule has 2 aromatic carbocycles. The van der Waals surface area contributed by atoms with Gasteiger partial charge in [0.2, 0.25) is 0 Å². The van der Waals surface area contributed by atoms with Gasteiger partial charge in [0.25, 0.3) is 5.91 Å². The average molecular weight is 490 g/mol. The number of rotatable bonds is 5. The van der Waals surface area contributed by atoms with Crippen molar-refractivity contribution < 1.29 is 32.4 Å². The van der Waals surface area contributed by atoms with Crippen LogP contribution in [0.1, 0.15) is 28.5 Å². The van der Waals surface area contributed by atoms with Crippen LogP contribution in [0.4, 0.5) is 24.5 Å². The molecule has 0 unspecified atom stereocenters. The van der Waals surface area contributed by atoms with E-state index < -0.39 is 23.8 Å². The largest absolute Gasteiger partial charge is 0.464 e. The fraction of sp³-hybridized carbons (Fsp3) is 0.360. The molecule has 3 N–H and O–H groups in total. The van der Waals surface area contributed by atoms with E-state index in [2.05, 4.69) is 10.3 Å². The normalized spacial score (nSPS) is 15.8. The monoisotopic (exact) mass is 489 g/mol. The third-order valence-corrected chi connectivity index (χ3v) is 6.54. The average Bonchev–Trinajstić information content (AvgIpc) is 3.20. The first-order valence-electron chi connectivity index (χ1n) is 11.4. The van der Waals surface area contributed by atoms with Gasteiger partial charge in [-0.2, -0.15) is 13.2 Å². The number of aromatic nitrogens is 1. The minimum absolute atomic E-state index is 0.179. The molecule has 10 heteroatoms. The van der Waals surface area contributed by atoms with Crippen LogP contribution < -0.4 is 15.1 Å². The standard InChI is InChI=1S/C25H27F3N4O3/c1-15-7-8-20-19(13-15)21(22(29-20)24(34)35-3)30-23(33)16(2)31-9-11-32(12-10-31)18-6-4-5-17(14-18)25(26,27)28/h4-8,13-14,16,29H,9-12H2,1-3H3,(H,30,33)/p+1/t16-/m0/s1. The molecule has 1 aliphatic heterocycles. The summed E-state index contributed by atoms with van der Waals surface area (Å²) in [5.41, 5.74) is 2.10. The lowest BCUT2D eigenvalue weighted by Gasteiger charge is -2.36. The van der Waals surface area contributed by atoms with E-state index in [0.717, 1.165) is 28.0 Å². The lowest BCUT2D eigenvalue weighted by Crippen LogP contribution is -3.19. The Balaban J connectivity index is 1.46. The number of fused-ring (bicyclic) bond motifs is 1. The Bertz CT molecular complexity index is 1250. The van der Waals surface area contributed by atoms with Gasteiger partial charge in [0.1, 0.15) is 5.69 Å². The van der Waals surface area contributed by atoms with Crippen molar-refractivity contribution in [2.45, 2.75) is 26.1 Å². The van der Waals surface area contributed by atoms with E-state index in [1.54, 1.807) is 6.07 Å². The summed E-state index contributed by atoms with van der Waals surface area (Å²) in [5, 5.41) is 3.63. The van der Waals surface area contributed by atoms with Crippen molar-refractivity contribution in [2.24, 2.45) is 0 Å². The molecule has 35 heavy (non-hydrogen) atoms. The summed E-state index contributed by atoms with van der Waals surface area (Å²) in [6.07, 6.45) is -4.39. The van der Waals surface area contributed by atoms with E-state index in [4.69, 9.17) is 4.74 Å². The fourth-order valence-corrected chi connectivity index (χ4v) is 4.47. The van der Waals surface area contributed by atoms with Gasteiger partial charge in [-0.15, -0.1) is 0 Å². The van der Waals surface area contributed by atoms with Crippen molar-refractivity contribution in [3.8, 4) is 0 Å². The molecular formula is C25H28F3N4O3+. The molecule has 1 aliphatic rings. The van der Waals surface area contributed by atoms with Crippen LogP contribution in [0.25, 0.3) is 10.9 Å². The number of alkyl halides is 3. The SMILES string of the molecule is COC(=O)c1[nH]c2ccc(C)cc2c1NC(=O)[C@H](C)[NH+]1CCN(c2cccc(C(F)(F)F)c2)CC1. The van der Waals surface area contributed by atoms with Gasteiger partial charge in [-0.3, -0.25) is 4.79 Å². The maximum Gasteiger partial charge on any atom is 0.416 e. The molecule has 0 saturated carbocycles. The van der Waals surface area contributed by atoms with Gasteiger partial charge in [0, 0.05) is 16.6 Å². The number of benzene rings is 2. The zero-order chi connectivity index (χ0) is 25.3. The zero-order valence-corrected chi connectivity index (χ0v) is 19.8. The maximum absolute atomic E-state index is 13.2. The molecule has 1 saturated heterocycles. The van der Waals surface area contributed by atoms with E-state index >= 15 is 0 Å². The summed E-state index contributed by atoms with van der Waals surface area (Å²) >= 11 is 0. The van der Waals surface area contributed by atoms with Gasteiger partial charge in [0.05, 0.1) is 44.5 Å². The molecule has 1 aromatic heterocycles. The minimum Gasteiger partial charge on any atom is -0.464 e. The number of quaternary nitrogens is 1. The highest BCUT2D eigenvalue weighted by molar-refractivity contribution is 6.11. The quantitative estimate of drug-likeness (QED) is 0.482. The molecule has 0 radical (unpaired) electrons. The number of ether oxygens (including phenoxy) is 1. The number of anilines is 2. The number of aromatic amines is 1. The van der Waals surface area contributed by atoms with E-state index in [1.165, 1.54) is 13.2 Å². The highest BCUT2D eigenvalue weighted by Gasteiger charge is 2.33. The van der Waals surface area contributed by atoms with Crippen molar-refractivity contribution in [1.82, 2.24) is 4.98 Å². The molecule has 186 valence electrons. The number of piperazine rings is 1. The molecule has 0 bridgehead atoms. The number of amides is 1. The van der Waals surface area contributed by atoms with Gasteiger partial charge in [0.15, 0.2) is 6.04 Å². The maximum atomic E-state index is 13.2. The molecule has 3 aromatic rings. The highest BCUT2D eigenvalue weighted by atomic mass is 19.4. The molecule has 4 rings (SSSR count).